The van der Waals surface area contributed by atoms with Gasteiger partial charge in [-0.1, -0.05) is 62.5 Å². The zero-order valence-electron chi connectivity index (χ0n) is 15.6. The van der Waals surface area contributed by atoms with E-state index in [1.807, 2.05) is 0 Å². The minimum Gasteiger partial charge on any atom is -0.369 e. The first-order valence-electron chi connectivity index (χ1n) is 9.23. The average Bonchev–Trinajstić information content (AvgIpc) is 3.06. The Balaban J connectivity index is 2.04. The Morgan fingerprint density at radius 3 is 2.50 bits per heavy atom. The highest BCUT2D eigenvalue weighted by Crippen LogP contribution is 2.78. The molecule has 2 atom stereocenters. The van der Waals surface area contributed by atoms with Gasteiger partial charge in [-0.3, -0.25) is 4.79 Å². The third kappa shape index (κ3) is 1.39. The SMILES string of the molecule is CC1=Cc2c(cccc2C23CCCC2(C(N)=O)[Si](C)(C)[Si]3(C)C)C1. The number of fused-ring (bicyclic) bond motifs is 2. The minimum atomic E-state index is -1.68. The minimum absolute atomic E-state index is 0.000191. The monoisotopic (exact) mass is 355 g/mol. The van der Waals surface area contributed by atoms with Gasteiger partial charge >= 0.3 is 0 Å². The Kier molecular flexibility index (Phi) is 3.08. The van der Waals surface area contributed by atoms with E-state index in [0.717, 1.165) is 25.7 Å². The highest BCUT2D eigenvalue weighted by Gasteiger charge is 2.85. The predicted molar refractivity (Wildman–Crippen MR) is 106 cm³/mol. The molecule has 1 aromatic rings. The second-order valence-corrected chi connectivity index (χ2v) is 25.0. The normalized spacial score (nSPS) is 35.0. The highest BCUT2D eigenvalue weighted by atomic mass is 29.3. The van der Waals surface area contributed by atoms with Gasteiger partial charge in [-0.15, -0.1) is 0 Å². The van der Waals surface area contributed by atoms with E-state index in [4.69, 9.17) is 5.73 Å². The first-order chi connectivity index (χ1) is 11.1. The van der Waals surface area contributed by atoms with Crippen molar-refractivity contribution in [3.63, 3.8) is 0 Å². The maximum Gasteiger partial charge on any atom is 0.221 e. The molecule has 2 aliphatic carbocycles. The second-order valence-electron chi connectivity index (χ2n) is 9.32. The third-order valence-electron chi connectivity index (χ3n) is 8.47. The lowest BCUT2D eigenvalue weighted by Gasteiger charge is -2.74. The largest absolute Gasteiger partial charge is 0.369 e. The number of carbonyl (C=O) groups is 1. The van der Waals surface area contributed by atoms with Crippen LogP contribution in [0.4, 0.5) is 0 Å². The van der Waals surface area contributed by atoms with E-state index in [9.17, 15) is 4.79 Å². The third-order valence-corrected chi connectivity index (χ3v) is 29.9. The molecule has 3 aliphatic rings. The maximum absolute atomic E-state index is 12.9. The molecule has 1 amide bonds. The van der Waals surface area contributed by atoms with Gasteiger partial charge in [0.25, 0.3) is 0 Å². The van der Waals surface area contributed by atoms with E-state index in [0.29, 0.717) is 0 Å². The standard InChI is InChI=1S/C20H29NOSi2/c1-14-12-15-8-6-9-17(16(15)13-14)19-10-7-11-20(19,18(21)22)24(4,5)23(19,2)3/h6,8-9,13H,7,10-12H2,1-5H3,(H2,21,22). The lowest BCUT2D eigenvalue weighted by atomic mass is 9.82. The summed E-state index contributed by atoms with van der Waals surface area (Å²) >= 11 is 0. The summed E-state index contributed by atoms with van der Waals surface area (Å²) < 4.78 is 0. The van der Waals surface area contributed by atoms with Crippen LogP contribution in [-0.4, -0.2) is 21.1 Å². The molecule has 0 aromatic heterocycles. The van der Waals surface area contributed by atoms with Crippen LogP contribution in [0.5, 0.6) is 0 Å². The number of allylic oxidation sites excluding steroid dienone is 1. The van der Waals surface area contributed by atoms with Crippen LogP contribution in [-0.2, 0) is 16.3 Å². The summed E-state index contributed by atoms with van der Waals surface area (Å²) in [6.45, 7) is 12.2. The first kappa shape index (κ1) is 16.3. The van der Waals surface area contributed by atoms with Gasteiger partial charge in [0.2, 0.25) is 5.91 Å². The summed E-state index contributed by atoms with van der Waals surface area (Å²) in [4.78, 5) is 12.9. The molecule has 0 bridgehead atoms. The van der Waals surface area contributed by atoms with E-state index in [1.165, 1.54) is 22.3 Å². The van der Waals surface area contributed by atoms with Gasteiger partial charge < -0.3 is 5.73 Å². The second kappa shape index (κ2) is 4.52. The Morgan fingerprint density at radius 1 is 1.12 bits per heavy atom. The van der Waals surface area contributed by atoms with E-state index in [1.54, 1.807) is 0 Å². The summed E-state index contributed by atoms with van der Waals surface area (Å²) in [5, 5.41) is -0.163. The zero-order valence-corrected chi connectivity index (χ0v) is 17.6. The van der Waals surface area contributed by atoms with Crippen molar-refractivity contribution in [1.29, 1.82) is 0 Å². The van der Waals surface area contributed by atoms with Crippen LogP contribution in [0.15, 0.2) is 23.8 Å². The van der Waals surface area contributed by atoms with Crippen LogP contribution in [0.2, 0.25) is 31.2 Å². The summed E-state index contributed by atoms with van der Waals surface area (Å²) in [5.41, 5.74) is 11.9. The molecule has 2 nitrogen and oxygen atoms in total. The molecule has 24 heavy (non-hydrogen) atoms. The van der Waals surface area contributed by atoms with Gasteiger partial charge in [-0.2, -0.15) is 0 Å². The fourth-order valence-corrected chi connectivity index (χ4v) is 25.1. The van der Waals surface area contributed by atoms with Crippen molar-refractivity contribution in [1.82, 2.24) is 0 Å². The topological polar surface area (TPSA) is 43.1 Å². The number of benzene rings is 1. The number of carbonyl (C=O) groups excluding carboxylic acids is 1. The number of rotatable bonds is 2. The van der Waals surface area contributed by atoms with Crippen molar-refractivity contribution in [3.8, 4) is 0 Å². The molecule has 128 valence electrons. The number of amides is 1. The van der Waals surface area contributed by atoms with Crippen molar-refractivity contribution in [2.45, 2.75) is 68.9 Å². The van der Waals surface area contributed by atoms with Crippen LogP contribution in [0.25, 0.3) is 6.08 Å². The molecule has 2 fully saturated rings. The smallest absolute Gasteiger partial charge is 0.221 e. The van der Waals surface area contributed by atoms with Crippen molar-refractivity contribution in [2.24, 2.45) is 5.73 Å². The van der Waals surface area contributed by atoms with E-state index >= 15 is 0 Å². The van der Waals surface area contributed by atoms with Gasteiger partial charge in [0.05, 0.1) is 15.2 Å². The van der Waals surface area contributed by atoms with Gasteiger partial charge in [0.1, 0.15) is 0 Å². The molecule has 1 saturated heterocycles. The first-order valence-corrected chi connectivity index (χ1v) is 16.2. The molecule has 0 spiro atoms. The lowest BCUT2D eigenvalue weighted by molar-refractivity contribution is -0.122. The summed E-state index contributed by atoms with van der Waals surface area (Å²) in [6.07, 6.45) is 6.77. The Bertz CT molecular complexity index is 795. The number of primary amides is 1. The van der Waals surface area contributed by atoms with Crippen LogP contribution < -0.4 is 5.73 Å². The number of hydrogen-bond donors (Lipinski definition) is 1. The fraction of sp³-hybridized carbons (Fsp3) is 0.550. The molecule has 1 heterocycles. The predicted octanol–water partition coefficient (Wildman–Crippen LogP) is 4.34. The van der Waals surface area contributed by atoms with Crippen LogP contribution in [0.3, 0.4) is 0 Å². The molecule has 4 rings (SSSR count). The molecule has 2 unspecified atom stereocenters. The van der Waals surface area contributed by atoms with Gasteiger partial charge in [0.15, 0.2) is 0 Å². The van der Waals surface area contributed by atoms with Crippen molar-refractivity contribution in [3.05, 3.63) is 40.5 Å². The lowest BCUT2D eigenvalue weighted by Crippen LogP contribution is -2.89. The number of hydrogen-bond acceptors (Lipinski definition) is 1. The molecule has 2 N–H and O–H groups in total. The van der Waals surface area contributed by atoms with Crippen molar-refractivity contribution < 1.29 is 4.79 Å². The molecule has 1 aromatic carbocycles. The summed E-state index contributed by atoms with van der Waals surface area (Å²) in [5.74, 6) is -0.000191. The van der Waals surface area contributed by atoms with E-state index < -0.39 is 15.2 Å². The molecule has 1 saturated carbocycles. The van der Waals surface area contributed by atoms with Crippen molar-refractivity contribution in [2.75, 3.05) is 0 Å². The van der Waals surface area contributed by atoms with Crippen molar-refractivity contribution >= 4 is 27.2 Å². The molecule has 0 radical (unpaired) electrons. The Morgan fingerprint density at radius 2 is 1.83 bits per heavy atom. The summed E-state index contributed by atoms with van der Waals surface area (Å²) in [7, 11) is -3.27. The highest BCUT2D eigenvalue weighted by molar-refractivity contribution is 7.48. The Hall–Kier alpha value is -1.14. The zero-order chi connectivity index (χ0) is 17.5. The van der Waals surface area contributed by atoms with E-state index in [2.05, 4.69) is 57.4 Å². The Labute approximate surface area is 147 Å². The van der Waals surface area contributed by atoms with Crippen LogP contribution >= 0.6 is 0 Å². The van der Waals surface area contributed by atoms with Crippen LogP contribution in [0, 0.1) is 0 Å². The molecule has 1 aliphatic heterocycles. The quantitative estimate of drug-likeness (QED) is 0.788. The molecular formula is C20H29NOSi2. The molecular weight excluding hydrogens is 326 g/mol. The van der Waals surface area contributed by atoms with E-state index in [-0.39, 0.29) is 16.0 Å². The number of nitrogens with two attached hydrogens (primary N) is 1. The maximum atomic E-state index is 12.9. The average molecular weight is 356 g/mol. The van der Waals surface area contributed by atoms with Gasteiger partial charge in [-0.05, 0) is 42.9 Å². The van der Waals surface area contributed by atoms with Gasteiger partial charge in [0, 0.05) is 10.1 Å². The summed E-state index contributed by atoms with van der Waals surface area (Å²) in [6, 6.07) is 6.81. The van der Waals surface area contributed by atoms with Gasteiger partial charge in [-0.25, -0.2) is 0 Å². The van der Waals surface area contributed by atoms with Crippen LogP contribution in [0.1, 0.15) is 42.9 Å². The fourth-order valence-electron chi connectivity index (χ4n) is 6.99. The molecule has 4 heteroatoms.